The number of hydrogen-bond donors (Lipinski definition) is 0. The SMILES string of the molecule is O=c1c2sccc2nc(SCc2nc(-c3ccncc3)no2)n1-c1ccc(F)cc1. The minimum absolute atomic E-state index is 0.202. The summed E-state index contributed by atoms with van der Waals surface area (Å²) in [5.74, 6) is 0.810. The number of thiophene rings is 1. The molecule has 0 spiro atoms. The lowest BCUT2D eigenvalue weighted by molar-refractivity contribution is 0.391. The highest BCUT2D eigenvalue weighted by molar-refractivity contribution is 7.98. The molecule has 0 aliphatic rings. The lowest BCUT2D eigenvalue weighted by Gasteiger charge is -2.11. The van der Waals surface area contributed by atoms with Crippen LogP contribution in [0.2, 0.25) is 0 Å². The molecular weight excluding hydrogens is 425 g/mol. The zero-order chi connectivity index (χ0) is 20.5. The standard InChI is InChI=1S/C20H12FN5O2S2/c21-13-1-3-14(4-2-13)26-19(27)17-15(7-10-29-17)23-20(26)30-11-16-24-18(25-28-16)12-5-8-22-9-6-12/h1-10H,11H2. The van der Waals surface area contributed by atoms with Gasteiger partial charge in [-0.25, -0.2) is 9.37 Å². The Kier molecular flexibility index (Phi) is 4.85. The Morgan fingerprint density at radius 2 is 1.87 bits per heavy atom. The number of aromatic nitrogens is 5. The molecule has 0 unspecified atom stereocenters. The fraction of sp³-hybridized carbons (Fsp3) is 0.0500. The van der Waals surface area contributed by atoms with Gasteiger partial charge in [0.2, 0.25) is 11.7 Å². The molecule has 0 saturated carbocycles. The van der Waals surface area contributed by atoms with E-state index in [9.17, 15) is 9.18 Å². The first-order chi connectivity index (χ1) is 14.7. The molecule has 4 aromatic heterocycles. The lowest BCUT2D eigenvalue weighted by atomic mass is 10.3. The number of hydrogen-bond acceptors (Lipinski definition) is 8. The van der Waals surface area contributed by atoms with Gasteiger partial charge in [-0.2, -0.15) is 4.98 Å². The Bertz CT molecular complexity index is 1380. The second kappa shape index (κ2) is 7.81. The lowest BCUT2D eigenvalue weighted by Crippen LogP contribution is -2.20. The van der Waals surface area contributed by atoms with Crippen LogP contribution in [-0.2, 0) is 5.75 Å². The molecular formula is C20H12FN5O2S2. The molecule has 4 heterocycles. The van der Waals surface area contributed by atoms with Crippen LogP contribution in [0.15, 0.2) is 74.7 Å². The van der Waals surface area contributed by atoms with Crippen molar-refractivity contribution in [2.75, 3.05) is 0 Å². The van der Waals surface area contributed by atoms with Gasteiger partial charge in [0.15, 0.2) is 5.16 Å². The predicted molar refractivity (Wildman–Crippen MR) is 112 cm³/mol. The van der Waals surface area contributed by atoms with Crippen LogP contribution in [0.5, 0.6) is 0 Å². The van der Waals surface area contributed by atoms with E-state index in [0.29, 0.717) is 38.5 Å². The zero-order valence-corrected chi connectivity index (χ0v) is 16.9. The summed E-state index contributed by atoms with van der Waals surface area (Å²) in [6.07, 6.45) is 3.31. The van der Waals surface area contributed by atoms with Crippen molar-refractivity contribution in [1.29, 1.82) is 0 Å². The molecule has 5 aromatic rings. The maximum absolute atomic E-state index is 13.4. The smallest absolute Gasteiger partial charge is 0.276 e. The van der Waals surface area contributed by atoms with Gasteiger partial charge >= 0.3 is 0 Å². The minimum Gasteiger partial charge on any atom is -0.338 e. The van der Waals surface area contributed by atoms with E-state index in [4.69, 9.17) is 4.52 Å². The van der Waals surface area contributed by atoms with Crippen molar-refractivity contribution in [2.45, 2.75) is 10.9 Å². The molecule has 30 heavy (non-hydrogen) atoms. The summed E-state index contributed by atoms with van der Waals surface area (Å²) in [6, 6.07) is 11.1. The molecule has 0 saturated heterocycles. The summed E-state index contributed by atoms with van der Waals surface area (Å²) in [6.45, 7) is 0. The molecule has 5 rings (SSSR count). The summed E-state index contributed by atoms with van der Waals surface area (Å²) in [7, 11) is 0. The van der Waals surface area contributed by atoms with Gasteiger partial charge in [0.05, 0.1) is 17.0 Å². The average molecular weight is 437 g/mol. The fourth-order valence-corrected chi connectivity index (χ4v) is 4.47. The largest absolute Gasteiger partial charge is 0.338 e. The van der Waals surface area contributed by atoms with Crippen molar-refractivity contribution in [1.82, 2.24) is 24.7 Å². The minimum atomic E-state index is -0.374. The number of benzene rings is 1. The third kappa shape index (κ3) is 3.51. The maximum atomic E-state index is 13.4. The number of nitrogens with zero attached hydrogens (tertiary/aromatic N) is 5. The number of halogens is 1. The summed E-state index contributed by atoms with van der Waals surface area (Å²) >= 11 is 2.62. The van der Waals surface area contributed by atoms with Gasteiger partial charge in [-0.1, -0.05) is 16.9 Å². The molecule has 0 fully saturated rings. The third-order valence-corrected chi connectivity index (χ3v) is 6.08. The van der Waals surface area contributed by atoms with Gasteiger partial charge in [-0.15, -0.1) is 11.3 Å². The predicted octanol–water partition coefficient (Wildman–Crippen LogP) is 4.32. The van der Waals surface area contributed by atoms with Crippen LogP contribution in [0.3, 0.4) is 0 Å². The van der Waals surface area contributed by atoms with Crippen molar-refractivity contribution in [3.05, 3.63) is 82.3 Å². The molecule has 0 N–H and O–H groups in total. The van der Waals surface area contributed by atoms with Gasteiger partial charge in [0.1, 0.15) is 10.5 Å². The van der Waals surface area contributed by atoms with E-state index in [1.165, 1.54) is 39.8 Å². The van der Waals surface area contributed by atoms with Gasteiger partial charge in [0, 0.05) is 18.0 Å². The van der Waals surface area contributed by atoms with Crippen LogP contribution in [0, 0.1) is 5.82 Å². The molecule has 0 bridgehead atoms. The van der Waals surface area contributed by atoms with Crippen LogP contribution < -0.4 is 5.56 Å². The monoisotopic (exact) mass is 437 g/mol. The quantitative estimate of drug-likeness (QED) is 0.299. The second-order valence-electron chi connectivity index (χ2n) is 6.18. The van der Waals surface area contributed by atoms with Crippen LogP contribution in [-0.4, -0.2) is 24.7 Å². The fourth-order valence-electron chi connectivity index (χ4n) is 2.86. The highest BCUT2D eigenvalue weighted by atomic mass is 32.2. The molecule has 7 nitrogen and oxygen atoms in total. The maximum Gasteiger partial charge on any atom is 0.276 e. The highest BCUT2D eigenvalue weighted by Gasteiger charge is 2.16. The number of pyridine rings is 1. The van der Waals surface area contributed by atoms with Gasteiger partial charge in [-0.3, -0.25) is 14.3 Å². The van der Waals surface area contributed by atoms with Gasteiger partial charge < -0.3 is 4.52 Å². The molecule has 10 heteroatoms. The summed E-state index contributed by atoms with van der Waals surface area (Å²) in [5.41, 5.74) is 1.75. The Morgan fingerprint density at radius 1 is 1.07 bits per heavy atom. The first kappa shape index (κ1) is 18.6. The van der Waals surface area contributed by atoms with Crippen LogP contribution in [0.25, 0.3) is 27.3 Å². The molecule has 0 radical (unpaired) electrons. The van der Waals surface area contributed by atoms with Crippen molar-refractivity contribution < 1.29 is 8.91 Å². The Labute approximate surface area is 177 Å². The van der Waals surface area contributed by atoms with Crippen LogP contribution >= 0.6 is 23.1 Å². The van der Waals surface area contributed by atoms with E-state index in [-0.39, 0.29) is 11.4 Å². The van der Waals surface area contributed by atoms with E-state index < -0.39 is 0 Å². The zero-order valence-electron chi connectivity index (χ0n) is 15.2. The second-order valence-corrected chi connectivity index (χ2v) is 8.04. The van der Waals surface area contributed by atoms with Gasteiger partial charge in [0.25, 0.3) is 5.56 Å². The van der Waals surface area contributed by atoms with E-state index in [1.54, 1.807) is 42.7 Å². The number of rotatable bonds is 5. The van der Waals surface area contributed by atoms with E-state index in [2.05, 4.69) is 20.1 Å². The first-order valence-corrected chi connectivity index (χ1v) is 10.7. The molecule has 0 amide bonds. The highest BCUT2D eigenvalue weighted by Crippen LogP contribution is 2.26. The van der Waals surface area contributed by atoms with E-state index in [1.807, 2.05) is 5.38 Å². The Balaban J connectivity index is 1.50. The number of thioether (sulfide) groups is 1. The van der Waals surface area contributed by atoms with Crippen molar-refractivity contribution >= 4 is 33.3 Å². The summed E-state index contributed by atoms with van der Waals surface area (Å²) < 4.78 is 20.7. The van der Waals surface area contributed by atoms with Crippen LogP contribution in [0.4, 0.5) is 4.39 Å². The average Bonchev–Trinajstić information content (AvgIpc) is 3.44. The Hall–Kier alpha value is -3.37. The topological polar surface area (TPSA) is 86.7 Å². The van der Waals surface area contributed by atoms with Gasteiger partial charge in [-0.05, 0) is 47.8 Å². The van der Waals surface area contributed by atoms with E-state index >= 15 is 0 Å². The van der Waals surface area contributed by atoms with Crippen LogP contribution in [0.1, 0.15) is 5.89 Å². The molecule has 1 aromatic carbocycles. The van der Waals surface area contributed by atoms with Crippen molar-refractivity contribution in [3.63, 3.8) is 0 Å². The van der Waals surface area contributed by atoms with E-state index in [0.717, 1.165) is 5.56 Å². The molecule has 0 aliphatic heterocycles. The number of fused-ring (bicyclic) bond motifs is 1. The van der Waals surface area contributed by atoms with Crippen molar-refractivity contribution in [3.8, 4) is 17.1 Å². The Morgan fingerprint density at radius 3 is 2.67 bits per heavy atom. The molecule has 148 valence electrons. The molecule has 0 aliphatic carbocycles. The molecule has 0 atom stereocenters. The normalized spacial score (nSPS) is 11.2. The summed E-state index contributed by atoms with van der Waals surface area (Å²) in [4.78, 5) is 26.1. The van der Waals surface area contributed by atoms with Crippen molar-refractivity contribution in [2.24, 2.45) is 0 Å². The summed E-state index contributed by atoms with van der Waals surface area (Å²) in [5, 5.41) is 6.27. The third-order valence-electron chi connectivity index (χ3n) is 4.27. The first-order valence-electron chi connectivity index (χ1n) is 8.81.